The van der Waals surface area contributed by atoms with Crippen molar-refractivity contribution in [2.24, 2.45) is 11.7 Å². The number of nitrogens with zero attached hydrogens (tertiary/aromatic N) is 1. The number of carbonyl (C=O) groups is 1. The number of hydrogen-bond donors (Lipinski definition) is 1. The van der Waals surface area contributed by atoms with E-state index in [-0.39, 0.29) is 11.9 Å². The number of nitriles is 1. The van der Waals surface area contributed by atoms with Crippen LogP contribution in [0.5, 0.6) is 0 Å². The third-order valence-corrected chi connectivity index (χ3v) is 6.71. The van der Waals surface area contributed by atoms with Crippen LogP contribution in [0.25, 0.3) is 11.1 Å². The van der Waals surface area contributed by atoms with E-state index in [2.05, 4.69) is 83.5 Å². The molecule has 208 valence electrons. The summed E-state index contributed by atoms with van der Waals surface area (Å²) in [6.07, 6.45) is 5.03. The van der Waals surface area contributed by atoms with E-state index in [4.69, 9.17) is 5.73 Å². The van der Waals surface area contributed by atoms with Gasteiger partial charge in [0.1, 0.15) is 0 Å². The van der Waals surface area contributed by atoms with Crippen LogP contribution in [0.3, 0.4) is 0 Å². The van der Waals surface area contributed by atoms with Crippen LogP contribution in [0.4, 0.5) is 0 Å². The minimum Gasteiger partial charge on any atom is -0.465 e. The van der Waals surface area contributed by atoms with E-state index in [0.717, 1.165) is 24.0 Å². The fourth-order valence-corrected chi connectivity index (χ4v) is 4.32. The quantitative estimate of drug-likeness (QED) is 0.312. The maximum Gasteiger partial charge on any atom is 0.337 e. The second kappa shape index (κ2) is 17.6. The summed E-state index contributed by atoms with van der Waals surface area (Å²) in [6.45, 7) is 15.0. The monoisotopic (exact) mass is 526 g/mol. The molecule has 4 nitrogen and oxygen atoms in total. The molecule has 0 amide bonds. The largest absolute Gasteiger partial charge is 0.465 e. The normalized spacial score (nSPS) is 12.0. The van der Waals surface area contributed by atoms with Gasteiger partial charge in [-0.3, -0.25) is 0 Å². The van der Waals surface area contributed by atoms with Crippen molar-refractivity contribution in [2.75, 3.05) is 7.11 Å². The highest BCUT2D eigenvalue weighted by Crippen LogP contribution is 2.37. The molecule has 0 fully saturated rings. The lowest BCUT2D eigenvalue weighted by molar-refractivity contribution is 0.0600. The number of nitrogens with two attached hydrogens (primary N) is 1. The molecule has 0 aliphatic carbocycles. The number of hydrogen-bond acceptors (Lipinski definition) is 4. The number of carbonyl (C=O) groups excluding carboxylic acids is 1. The van der Waals surface area contributed by atoms with Gasteiger partial charge in [0, 0.05) is 5.92 Å². The molecule has 0 aliphatic rings. The molecule has 0 bridgehead atoms. The Hall–Kier alpha value is -3.84. The van der Waals surface area contributed by atoms with Crippen LogP contribution in [0, 0.1) is 24.2 Å². The zero-order valence-corrected chi connectivity index (χ0v) is 25.0. The minimum atomic E-state index is -0.280. The van der Waals surface area contributed by atoms with Crippen molar-refractivity contribution in [3.8, 4) is 17.2 Å². The minimum absolute atomic E-state index is 0.274. The Kier molecular flexibility index (Phi) is 15.0. The van der Waals surface area contributed by atoms with E-state index in [9.17, 15) is 10.1 Å². The SMILES string of the molecule is CCC.CCC(C)C(/C(C)=C/N)c1ccc(C#N)c(-c2ccccc2C)c1.CCc1ccc(C(=O)OC)cc1. The van der Waals surface area contributed by atoms with Crippen LogP contribution in [0.1, 0.15) is 92.9 Å². The van der Waals surface area contributed by atoms with Gasteiger partial charge in [0.05, 0.1) is 24.3 Å². The van der Waals surface area contributed by atoms with E-state index in [1.165, 1.54) is 35.8 Å². The Morgan fingerprint density at radius 2 is 1.62 bits per heavy atom. The zero-order valence-electron chi connectivity index (χ0n) is 25.0. The van der Waals surface area contributed by atoms with E-state index in [0.29, 0.717) is 17.0 Å². The standard InChI is InChI=1S/C22H26N2.C10H12O2.C3H8/c1-5-15(2)22(17(4)13-23)18-10-11-19(14-24)21(12-18)20-9-7-6-8-16(20)3;1-3-8-4-6-9(7-5-8)10(11)12-2;1-3-2/h6-13,15,22H,5,23H2,1-4H3;4-7H,3H2,1-2H3;3H2,1-2H3/b17-13+;;. The maximum absolute atomic E-state index is 11.0. The van der Waals surface area contributed by atoms with Gasteiger partial charge in [0.15, 0.2) is 0 Å². The van der Waals surface area contributed by atoms with Crippen molar-refractivity contribution < 1.29 is 9.53 Å². The number of esters is 1. The van der Waals surface area contributed by atoms with Gasteiger partial charge in [-0.05, 0) is 84.5 Å². The lowest BCUT2D eigenvalue weighted by Gasteiger charge is -2.25. The molecule has 39 heavy (non-hydrogen) atoms. The summed E-state index contributed by atoms with van der Waals surface area (Å²) in [5, 5.41) is 9.53. The molecular weight excluding hydrogens is 480 g/mol. The summed E-state index contributed by atoms with van der Waals surface area (Å²) in [7, 11) is 1.38. The van der Waals surface area contributed by atoms with Crippen molar-refractivity contribution in [1.82, 2.24) is 0 Å². The molecule has 3 aromatic rings. The molecule has 3 aromatic carbocycles. The van der Waals surface area contributed by atoms with Crippen molar-refractivity contribution in [3.63, 3.8) is 0 Å². The van der Waals surface area contributed by atoms with Crippen LogP contribution in [0.2, 0.25) is 0 Å². The van der Waals surface area contributed by atoms with Crippen LogP contribution in [0.15, 0.2) is 78.5 Å². The third-order valence-electron chi connectivity index (χ3n) is 6.71. The van der Waals surface area contributed by atoms with Gasteiger partial charge in [0.2, 0.25) is 0 Å². The smallest absolute Gasteiger partial charge is 0.337 e. The fraction of sp³-hybridized carbons (Fsp3) is 0.371. The molecule has 0 saturated heterocycles. The van der Waals surface area contributed by atoms with Crippen LogP contribution >= 0.6 is 0 Å². The number of aryl methyl sites for hydroxylation is 2. The molecule has 3 rings (SSSR count). The Morgan fingerprint density at radius 1 is 1.00 bits per heavy atom. The molecule has 2 unspecified atom stereocenters. The summed E-state index contributed by atoms with van der Waals surface area (Å²) in [5.41, 5.74) is 14.1. The first kappa shape index (κ1) is 33.2. The maximum atomic E-state index is 11.0. The first-order chi connectivity index (χ1) is 18.7. The van der Waals surface area contributed by atoms with E-state index in [1.807, 2.05) is 30.3 Å². The molecule has 0 aromatic heterocycles. The van der Waals surface area contributed by atoms with Crippen LogP contribution in [-0.4, -0.2) is 13.1 Å². The molecule has 0 radical (unpaired) electrons. The summed E-state index contributed by atoms with van der Waals surface area (Å²) in [6, 6.07) is 24.2. The Morgan fingerprint density at radius 3 is 2.10 bits per heavy atom. The number of methoxy groups -OCH3 is 1. The van der Waals surface area contributed by atoms with Crippen molar-refractivity contribution >= 4 is 5.97 Å². The molecular formula is C35H46N2O2. The van der Waals surface area contributed by atoms with Gasteiger partial charge in [-0.15, -0.1) is 0 Å². The third kappa shape index (κ3) is 9.76. The number of ether oxygens (including phenoxy) is 1. The molecule has 2 N–H and O–H groups in total. The first-order valence-corrected chi connectivity index (χ1v) is 13.9. The molecule has 4 heteroatoms. The molecule has 0 spiro atoms. The van der Waals surface area contributed by atoms with Gasteiger partial charge in [-0.2, -0.15) is 5.26 Å². The summed E-state index contributed by atoms with van der Waals surface area (Å²) >= 11 is 0. The predicted molar refractivity (Wildman–Crippen MR) is 165 cm³/mol. The topological polar surface area (TPSA) is 76.1 Å². The molecule has 0 saturated carbocycles. The fourth-order valence-electron chi connectivity index (χ4n) is 4.32. The highest BCUT2D eigenvalue weighted by atomic mass is 16.5. The average molecular weight is 527 g/mol. The number of rotatable bonds is 7. The second-order valence-electron chi connectivity index (χ2n) is 9.75. The molecule has 0 aliphatic heterocycles. The van der Waals surface area contributed by atoms with Crippen LogP contribution in [-0.2, 0) is 11.2 Å². The van der Waals surface area contributed by atoms with E-state index >= 15 is 0 Å². The lowest BCUT2D eigenvalue weighted by atomic mass is 9.79. The van der Waals surface area contributed by atoms with Gasteiger partial charge in [-0.25, -0.2) is 4.79 Å². The van der Waals surface area contributed by atoms with Gasteiger partial charge in [-0.1, -0.05) is 95.5 Å². The van der Waals surface area contributed by atoms with Gasteiger partial charge < -0.3 is 10.5 Å². The number of allylic oxidation sites excluding steroid dienone is 1. The van der Waals surface area contributed by atoms with Crippen molar-refractivity contribution in [2.45, 2.75) is 73.6 Å². The van der Waals surface area contributed by atoms with E-state index < -0.39 is 0 Å². The predicted octanol–water partition coefficient (Wildman–Crippen LogP) is 8.98. The highest BCUT2D eigenvalue weighted by Gasteiger charge is 2.21. The summed E-state index contributed by atoms with van der Waals surface area (Å²) in [4.78, 5) is 11.0. The van der Waals surface area contributed by atoms with Gasteiger partial charge in [0.25, 0.3) is 0 Å². The lowest BCUT2D eigenvalue weighted by Crippen LogP contribution is -2.12. The summed E-state index contributed by atoms with van der Waals surface area (Å²) in [5.74, 6) is 0.482. The first-order valence-electron chi connectivity index (χ1n) is 13.9. The Bertz CT molecular complexity index is 1240. The zero-order chi connectivity index (χ0) is 29.4. The second-order valence-corrected chi connectivity index (χ2v) is 9.75. The van der Waals surface area contributed by atoms with Crippen molar-refractivity contribution in [1.29, 1.82) is 5.26 Å². The molecule has 0 heterocycles. The average Bonchev–Trinajstić information content (AvgIpc) is 2.97. The van der Waals surface area contributed by atoms with E-state index in [1.54, 1.807) is 18.3 Å². The van der Waals surface area contributed by atoms with Crippen LogP contribution < -0.4 is 5.73 Å². The van der Waals surface area contributed by atoms with Crippen molar-refractivity contribution in [3.05, 3.63) is 106 Å². The summed E-state index contributed by atoms with van der Waals surface area (Å²) < 4.78 is 4.57. The Balaban J connectivity index is 0.000000422. The highest BCUT2D eigenvalue weighted by molar-refractivity contribution is 5.89. The Labute approximate surface area is 236 Å². The number of benzene rings is 3. The molecule has 2 atom stereocenters. The van der Waals surface area contributed by atoms with Gasteiger partial charge >= 0.3 is 5.97 Å².